The molecule has 0 radical (unpaired) electrons. The third-order valence-electron chi connectivity index (χ3n) is 5.02. The molecule has 1 N–H and O–H groups in total. The number of nitrogens with zero attached hydrogens (tertiary/aromatic N) is 3. The van der Waals surface area contributed by atoms with Gasteiger partial charge in [0.25, 0.3) is 11.8 Å². The van der Waals surface area contributed by atoms with Crippen LogP contribution in [-0.2, 0) is 0 Å². The van der Waals surface area contributed by atoms with Gasteiger partial charge in [-0.3, -0.25) is 9.59 Å². The molecule has 30 heavy (non-hydrogen) atoms. The van der Waals surface area contributed by atoms with Gasteiger partial charge in [0.05, 0.1) is 11.9 Å². The number of benzene rings is 2. The van der Waals surface area contributed by atoms with Gasteiger partial charge in [-0.15, -0.1) is 0 Å². The second-order valence-electron chi connectivity index (χ2n) is 7.01. The molecular formula is C23H21ClN4O2. The van der Waals surface area contributed by atoms with E-state index in [4.69, 9.17) is 11.6 Å². The van der Waals surface area contributed by atoms with E-state index >= 15 is 0 Å². The highest BCUT2D eigenvalue weighted by atomic mass is 35.5. The van der Waals surface area contributed by atoms with Gasteiger partial charge in [-0.25, -0.2) is 4.98 Å². The molecule has 0 aliphatic carbocycles. The highest BCUT2D eigenvalue weighted by molar-refractivity contribution is 6.30. The molecule has 1 saturated heterocycles. The zero-order chi connectivity index (χ0) is 20.9. The Kier molecular flexibility index (Phi) is 5.95. The first-order valence-corrected chi connectivity index (χ1v) is 10.1. The SMILES string of the molecule is O=C(Nc1ccc(N2CCN(C(=O)c3ccc(Cl)cc3)CC2)nc1)c1ccccc1. The van der Waals surface area contributed by atoms with E-state index in [-0.39, 0.29) is 11.8 Å². The second-order valence-corrected chi connectivity index (χ2v) is 7.45. The molecule has 0 saturated carbocycles. The minimum Gasteiger partial charge on any atom is -0.353 e. The van der Waals surface area contributed by atoms with Crippen LogP contribution >= 0.6 is 11.6 Å². The summed E-state index contributed by atoms with van der Waals surface area (Å²) in [6.45, 7) is 2.63. The first-order valence-electron chi connectivity index (χ1n) is 9.72. The van der Waals surface area contributed by atoms with Crippen molar-refractivity contribution in [3.8, 4) is 0 Å². The number of piperazine rings is 1. The third kappa shape index (κ3) is 4.60. The van der Waals surface area contributed by atoms with Crippen molar-refractivity contribution >= 4 is 34.9 Å². The summed E-state index contributed by atoms with van der Waals surface area (Å²) in [5.41, 5.74) is 1.89. The molecule has 0 bridgehead atoms. The molecule has 0 atom stereocenters. The molecule has 1 aliphatic heterocycles. The molecule has 152 valence electrons. The van der Waals surface area contributed by atoms with Crippen molar-refractivity contribution in [3.63, 3.8) is 0 Å². The lowest BCUT2D eigenvalue weighted by atomic mass is 10.2. The second kappa shape index (κ2) is 8.97. The van der Waals surface area contributed by atoms with Gasteiger partial charge in [0.15, 0.2) is 0 Å². The maximum atomic E-state index is 12.6. The minimum atomic E-state index is -0.167. The Hall–Kier alpha value is -3.38. The summed E-state index contributed by atoms with van der Waals surface area (Å²) >= 11 is 5.90. The Morgan fingerprint density at radius 2 is 1.53 bits per heavy atom. The third-order valence-corrected chi connectivity index (χ3v) is 5.28. The number of aromatic nitrogens is 1. The first kappa shape index (κ1) is 19.9. The van der Waals surface area contributed by atoms with E-state index in [0.717, 1.165) is 5.82 Å². The normalized spacial score (nSPS) is 13.8. The number of amides is 2. The summed E-state index contributed by atoms with van der Waals surface area (Å²) in [7, 11) is 0. The number of pyridine rings is 1. The summed E-state index contributed by atoms with van der Waals surface area (Å²) in [6.07, 6.45) is 1.65. The van der Waals surface area contributed by atoms with Crippen LogP contribution in [-0.4, -0.2) is 47.9 Å². The first-order chi connectivity index (χ1) is 14.6. The lowest BCUT2D eigenvalue weighted by Gasteiger charge is -2.35. The Morgan fingerprint density at radius 3 is 2.17 bits per heavy atom. The van der Waals surface area contributed by atoms with E-state index in [2.05, 4.69) is 15.2 Å². The van der Waals surface area contributed by atoms with Crippen LogP contribution in [0, 0.1) is 0 Å². The maximum absolute atomic E-state index is 12.6. The summed E-state index contributed by atoms with van der Waals surface area (Å²) in [4.78, 5) is 33.3. The number of nitrogens with one attached hydrogen (secondary N) is 1. The summed E-state index contributed by atoms with van der Waals surface area (Å²) in [5.74, 6) is 0.670. The topological polar surface area (TPSA) is 65.5 Å². The van der Waals surface area contributed by atoms with Gasteiger partial charge < -0.3 is 15.1 Å². The van der Waals surface area contributed by atoms with Gasteiger partial charge in [-0.05, 0) is 48.5 Å². The Morgan fingerprint density at radius 1 is 0.833 bits per heavy atom. The molecule has 1 fully saturated rings. The van der Waals surface area contributed by atoms with E-state index in [9.17, 15) is 9.59 Å². The van der Waals surface area contributed by atoms with Crippen molar-refractivity contribution in [1.82, 2.24) is 9.88 Å². The minimum absolute atomic E-state index is 0.0123. The Balaban J connectivity index is 1.33. The molecule has 6 nitrogen and oxygen atoms in total. The van der Waals surface area contributed by atoms with Gasteiger partial charge in [-0.2, -0.15) is 0 Å². The van der Waals surface area contributed by atoms with Crippen molar-refractivity contribution in [2.75, 3.05) is 36.4 Å². The Labute approximate surface area is 180 Å². The van der Waals surface area contributed by atoms with Crippen LogP contribution in [0.5, 0.6) is 0 Å². The molecular weight excluding hydrogens is 400 g/mol. The summed E-state index contributed by atoms with van der Waals surface area (Å²) in [5, 5.41) is 3.47. The van der Waals surface area contributed by atoms with Crippen molar-refractivity contribution in [3.05, 3.63) is 89.1 Å². The molecule has 2 heterocycles. The number of hydrogen-bond acceptors (Lipinski definition) is 4. The number of halogens is 1. The molecule has 0 spiro atoms. The fourth-order valence-corrected chi connectivity index (χ4v) is 3.48. The monoisotopic (exact) mass is 420 g/mol. The molecule has 4 rings (SSSR count). The molecule has 1 aromatic heterocycles. The van der Waals surface area contributed by atoms with Gasteiger partial charge in [0, 0.05) is 42.3 Å². The number of hydrogen-bond donors (Lipinski definition) is 1. The predicted octanol–water partition coefficient (Wildman–Crippen LogP) is 3.95. The van der Waals surface area contributed by atoms with Crippen molar-refractivity contribution < 1.29 is 9.59 Å². The smallest absolute Gasteiger partial charge is 0.255 e. The van der Waals surface area contributed by atoms with E-state index in [1.165, 1.54) is 0 Å². The van der Waals surface area contributed by atoms with Gasteiger partial charge >= 0.3 is 0 Å². The number of anilines is 2. The molecule has 2 aromatic carbocycles. The Bertz CT molecular complexity index is 1020. The van der Waals surface area contributed by atoms with Crippen LogP contribution in [0.3, 0.4) is 0 Å². The quantitative estimate of drug-likeness (QED) is 0.694. The molecule has 3 aromatic rings. The lowest BCUT2D eigenvalue weighted by molar-refractivity contribution is 0.0746. The lowest BCUT2D eigenvalue weighted by Crippen LogP contribution is -2.49. The van der Waals surface area contributed by atoms with Crippen molar-refractivity contribution in [1.29, 1.82) is 0 Å². The van der Waals surface area contributed by atoms with Crippen LogP contribution in [0.1, 0.15) is 20.7 Å². The molecule has 1 aliphatic rings. The van der Waals surface area contributed by atoms with Gasteiger partial charge in [0.1, 0.15) is 5.82 Å². The van der Waals surface area contributed by atoms with Crippen LogP contribution in [0.2, 0.25) is 5.02 Å². The molecule has 2 amide bonds. The van der Waals surface area contributed by atoms with Crippen LogP contribution in [0.15, 0.2) is 72.9 Å². The van der Waals surface area contributed by atoms with E-state index in [1.807, 2.05) is 35.2 Å². The zero-order valence-corrected chi connectivity index (χ0v) is 17.0. The average Bonchev–Trinajstić information content (AvgIpc) is 2.80. The number of carbonyl (C=O) groups is 2. The van der Waals surface area contributed by atoms with Gasteiger partial charge in [-0.1, -0.05) is 29.8 Å². The molecule has 0 unspecified atom stereocenters. The predicted molar refractivity (Wildman–Crippen MR) is 118 cm³/mol. The zero-order valence-electron chi connectivity index (χ0n) is 16.3. The van der Waals surface area contributed by atoms with Crippen LogP contribution in [0.4, 0.5) is 11.5 Å². The highest BCUT2D eigenvalue weighted by Crippen LogP contribution is 2.18. The standard InChI is InChI=1S/C23H21ClN4O2/c24-19-8-6-18(7-9-19)23(30)28-14-12-27(13-15-28)21-11-10-20(16-25-21)26-22(29)17-4-2-1-3-5-17/h1-11,16H,12-15H2,(H,26,29). The van der Waals surface area contributed by atoms with E-state index < -0.39 is 0 Å². The van der Waals surface area contributed by atoms with E-state index in [0.29, 0.717) is 48.0 Å². The van der Waals surface area contributed by atoms with Crippen molar-refractivity contribution in [2.24, 2.45) is 0 Å². The van der Waals surface area contributed by atoms with Crippen LogP contribution < -0.4 is 10.2 Å². The van der Waals surface area contributed by atoms with Crippen molar-refractivity contribution in [2.45, 2.75) is 0 Å². The van der Waals surface area contributed by atoms with Gasteiger partial charge in [0.2, 0.25) is 0 Å². The fourth-order valence-electron chi connectivity index (χ4n) is 3.35. The summed E-state index contributed by atoms with van der Waals surface area (Å²) < 4.78 is 0. The number of rotatable bonds is 4. The van der Waals surface area contributed by atoms with Crippen LogP contribution in [0.25, 0.3) is 0 Å². The molecule has 7 heteroatoms. The largest absolute Gasteiger partial charge is 0.353 e. The highest BCUT2D eigenvalue weighted by Gasteiger charge is 2.22. The average molecular weight is 421 g/mol. The number of carbonyl (C=O) groups excluding carboxylic acids is 2. The fraction of sp³-hybridized carbons (Fsp3) is 0.174. The maximum Gasteiger partial charge on any atom is 0.255 e. The summed E-state index contributed by atoms with van der Waals surface area (Å²) in [6, 6.07) is 19.7. The van der Waals surface area contributed by atoms with E-state index in [1.54, 1.807) is 42.6 Å².